The van der Waals surface area contributed by atoms with Crippen molar-refractivity contribution in [2.75, 3.05) is 11.9 Å². The topological polar surface area (TPSA) is 112 Å². The number of hydrogen-bond donors (Lipinski definition) is 1. The van der Waals surface area contributed by atoms with Gasteiger partial charge in [0.2, 0.25) is 5.95 Å². The highest BCUT2D eigenvalue weighted by Gasteiger charge is 2.35. The molecule has 9 nitrogen and oxygen atoms in total. The van der Waals surface area contributed by atoms with Crippen LogP contribution in [0.5, 0.6) is 0 Å². The molecule has 2 heterocycles. The summed E-state index contributed by atoms with van der Waals surface area (Å²) < 4.78 is 6.79. The Hall–Kier alpha value is -3.23. The maximum Gasteiger partial charge on any atom is 0.338 e. The van der Waals surface area contributed by atoms with Gasteiger partial charge in [-0.25, -0.2) is 9.48 Å². The van der Waals surface area contributed by atoms with Gasteiger partial charge >= 0.3 is 5.97 Å². The highest BCUT2D eigenvalue weighted by atomic mass is 16.6. The molecule has 0 amide bonds. The number of esters is 1. The number of benzene rings is 1. The number of rotatable bonds is 6. The van der Waals surface area contributed by atoms with Gasteiger partial charge in [0.1, 0.15) is 12.4 Å². The summed E-state index contributed by atoms with van der Waals surface area (Å²) in [5.74, 6) is 0.0131. The van der Waals surface area contributed by atoms with Crippen molar-refractivity contribution in [3.63, 3.8) is 0 Å². The predicted molar refractivity (Wildman–Crippen MR) is 93.4 cm³/mol. The summed E-state index contributed by atoms with van der Waals surface area (Å²) in [5.41, 5.74) is 1.61. The summed E-state index contributed by atoms with van der Waals surface area (Å²) in [6, 6.07) is 5.54. The van der Waals surface area contributed by atoms with E-state index in [0.717, 1.165) is 6.42 Å². The highest BCUT2D eigenvalue weighted by Crippen LogP contribution is 2.37. The van der Waals surface area contributed by atoms with Crippen LogP contribution in [0.2, 0.25) is 0 Å². The van der Waals surface area contributed by atoms with E-state index in [-0.39, 0.29) is 12.3 Å². The second-order valence-electron chi connectivity index (χ2n) is 5.77. The number of fused-ring (bicyclic) bond motifs is 1. The average molecular weight is 357 g/mol. The lowest BCUT2D eigenvalue weighted by atomic mass is 9.93. The standard InChI is InChI=1S/C17H19N5O4/c1-3-6-13-14(16(23)26-4-2)15(21-17(20-13)18-10-19-21)11-7-5-8-12(9-11)22(24)25/h5,7-10,15H,3-4,6H2,1-2H3,(H,18,19,20). The van der Waals surface area contributed by atoms with E-state index in [1.807, 2.05) is 6.92 Å². The summed E-state index contributed by atoms with van der Waals surface area (Å²) in [4.78, 5) is 27.6. The van der Waals surface area contributed by atoms with Gasteiger partial charge in [-0.1, -0.05) is 25.5 Å². The zero-order chi connectivity index (χ0) is 18.7. The largest absolute Gasteiger partial charge is 0.463 e. The van der Waals surface area contributed by atoms with Gasteiger partial charge < -0.3 is 10.1 Å². The van der Waals surface area contributed by atoms with Gasteiger partial charge in [0.05, 0.1) is 17.1 Å². The lowest BCUT2D eigenvalue weighted by molar-refractivity contribution is -0.384. The molecule has 0 bridgehead atoms. The van der Waals surface area contributed by atoms with Crippen LogP contribution in [0.1, 0.15) is 38.3 Å². The molecule has 0 fully saturated rings. The lowest BCUT2D eigenvalue weighted by Gasteiger charge is -2.29. The summed E-state index contributed by atoms with van der Waals surface area (Å²) in [6.07, 6.45) is 2.80. The fourth-order valence-electron chi connectivity index (χ4n) is 3.03. The van der Waals surface area contributed by atoms with Crippen molar-refractivity contribution in [2.24, 2.45) is 0 Å². The number of nitrogens with zero attached hydrogens (tertiary/aromatic N) is 4. The van der Waals surface area contributed by atoms with E-state index in [1.54, 1.807) is 23.7 Å². The number of nitrogens with one attached hydrogen (secondary N) is 1. The summed E-state index contributed by atoms with van der Waals surface area (Å²) >= 11 is 0. The number of nitro benzene ring substituents is 1. The Balaban J connectivity index is 2.19. The van der Waals surface area contributed by atoms with Crippen LogP contribution in [-0.2, 0) is 9.53 Å². The molecule has 3 rings (SSSR count). The van der Waals surface area contributed by atoms with E-state index in [4.69, 9.17) is 4.74 Å². The van der Waals surface area contributed by atoms with Crippen LogP contribution in [0, 0.1) is 10.1 Å². The van der Waals surface area contributed by atoms with Crippen LogP contribution >= 0.6 is 0 Å². The van der Waals surface area contributed by atoms with Crippen molar-refractivity contribution in [1.29, 1.82) is 0 Å². The molecular weight excluding hydrogens is 338 g/mol. The van der Waals surface area contributed by atoms with Crippen molar-refractivity contribution >= 4 is 17.6 Å². The number of non-ortho nitro benzene ring substituents is 1. The van der Waals surface area contributed by atoms with Gasteiger partial charge in [-0.15, -0.1) is 0 Å². The zero-order valence-electron chi connectivity index (χ0n) is 14.5. The molecule has 1 aliphatic rings. The van der Waals surface area contributed by atoms with Crippen LogP contribution in [0.15, 0.2) is 41.9 Å². The van der Waals surface area contributed by atoms with Gasteiger partial charge in [-0.3, -0.25) is 10.1 Å². The number of allylic oxidation sites excluding steroid dienone is 1. The molecule has 0 radical (unpaired) electrons. The van der Waals surface area contributed by atoms with Crippen molar-refractivity contribution in [2.45, 2.75) is 32.7 Å². The first-order chi connectivity index (χ1) is 12.6. The Morgan fingerprint density at radius 2 is 2.23 bits per heavy atom. The van der Waals surface area contributed by atoms with E-state index in [9.17, 15) is 14.9 Å². The first-order valence-electron chi connectivity index (χ1n) is 8.37. The fourth-order valence-corrected chi connectivity index (χ4v) is 3.03. The number of carbonyl (C=O) groups is 1. The minimum Gasteiger partial charge on any atom is -0.463 e. The molecule has 136 valence electrons. The van der Waals surface area contributed by atoms with E-state index in [1.165, 1.54) is 18.5 Å². The molecule has 1 aliphatic heterocycles. The van der Waals surface area contributed by atoms with Crippen LogP contribution < -0.4 is 5.32 Å². The maximum atomic E-state index is 12.7. The molecule has 1 N–H and O–H groups in total. The second kappa shape index (κ2) is 7.34. The number of anilines is 1. The number of aromatic nitrogens is 3. The zero-order valence-corrected chi connectivity index (χ0v) is 14.5. The van der Waals surface area contributed by atoms with E-state index in [0.29, 0.717) is 29.2 Å². The fraction of sp³-hybridized carbons (Fsp3) is 0.353. The summed E-state index contributed by atoms with van der Waals surface area (Å²) in [7, 11) is 0. The van der Waals surface area contributed by atoms with Gasteiger partial charge in [0.25, 0.3) is 5.69 Å². The van der Waals surface area contributed by atoms with Gasteiger partial charge in [0.15, 0.2) is 0 Å². The van der Waals surface area contributed by atoms with Gasteiger partial charge in [-0.2, -0.15) is 10.1 Å². The van der Waals surface area contributed by atoms with Crippen LogP contribution in [0.3, 0.4) is 0 Å². The van der Waals surface area contributed by atoms with E-state index in [2.05, 4.69) is 15.4 Å². The third-order valence-electron chi connectivity index (χ3n) is 4.07. The number of carbonyl (C=O) groups excluding carboxylic acids is 1. The molecule has 26 heavy (non-hydrogen) atoms. The van der Waals surface area contributed by atoms with Crippen molar-refractivity contribution in [3.05, 3.63) is 57.5 Å². The highest BCUT2D eigenvalue weighted by molar-refractivity contribution is 5.92. The second-order valence-corrected chi connectivity index (χ2v) is 5.77. The minimum absolute atomic E-state index is 0.0528. The molecule has 0 aliphatic carbocycles. The normalized spacial score (nSPS) is 16.0. The smallest absolute Gasteiger partial charge is 0.338 e. The van der Waals surface area contributed by atoms with Crippen molar-refractivity contribution in [3.8, 4) is 0 Å². The first-order valence-corrected chi connectivity index (χ1v) is 8.37. The molecule has 0 spiro atoms. The lowest BCUT2D eigenvalue weighted by Crippen LogP contribution is -2.30. The summed E-state index contributed by atoms with van der Waals surface area (Å²) in [6.45, 7) is 3.96. The maximum absolute atomic E-state index is 12.7. The molecule has 1 aromatic heterocycles. The Kier molecular flexibility index (Phi) is 4.97. The molecule has 2 aromatic rings. The third-order valence-corrected chi connectivity index (χ3v) is 4.07. The monoisotopic (exact) mass is 357 g/mol. The average Bonchev–Trinajstić information content (AvgIpc) is 3.09. The van der Waals surface area contributed by atoms with Crippen LogP contribution in [0.25, 0.3) is 0 Å². The number of hydrogen-bond acceptors (Lipinski definition) is 7. The number of nitro groups is 1. The first kappa shape index (κ1) is 17.6. The molecule has 9 heteroatoms. The summed E-state index contributed by atoms with van der Waals surface area (Å²) in [5, 5.41) is 18.5. The quantitative estimate of drug-likeness (QED) is 0.480. The molecule has 1 aromatic carbocycles. The Bertz CT molecular complexity index is 874. The van der Waals surface area contributed by atoms with Crippen LogP contribution in [-0.4, -0.2) is 32.3 Å². The van der Waals surface area contributed by atoms with Gasteiger partial charge in [0, 0.05) is 17.8 Å². The van der Waals surface area contributed by atoms with Gasteiger partial charge in [-0.05, 0) is 18.9 Å². The molecular formula is C17H19N5O4. The van der Waals surface area contributed by atoms with E-state index < -0.39 is 16.9 Å². The molecule has 1 atom stereocenters. The van der Waals surface area contributed by atoms with E-state index >= 15 is 0 Å². The predicted octanol–water partition coefficient (Wildman–Crippen LogP) is 2.82. The Morgan fingerprint density at radius 3 is 2.92 bits per heavy atom. The minimum atomic E-state index is -0.644. The molecule has 0 saturated carbocycles. The SMILES string of the molecule is CCCC1=C(C(=O)OCC)C(c2cccc([N+](=O)[O-])c2)n2ncnc2N1. The van der Waals surface area contributed by atoms with Crippen molar-refractivity contribution in [1.82, 2.24) is 14.8 Å². The molecule has 0 saturated heterocycles. The van der Waals surface area contributed by atoms with Crippen molar-refractivity contribution < 1.29 is 14.5 Å². The number of ether oxygens (including phenoxy) is 1. The Morgan fingerprint density at radius 1 is 1.42 bits per heavy atom. The van der Waals surface area contributed by atoms with Crippen LogP contribution in [0.4, 0.5) is 11.6 Å². The Labute approximate surface area is 149 Å². The third kappa shape index (κ3) is 3.15. The molecule has 1 unspecified atom stereocenters.